The van der Waals surface area contributed by atoms with Crippen LogP contribution >= 0.6 is 0 Å². The van der Waals surface area contributed by atoms with Crippen LogP contribution in [-0.4, -0.2) is 66.9 Å². The highest BCUT2D eigenvalue weighted by Crippen LogP contribution is 2.09. The van der Waals surface area contributed by atoms with Gasteiger partial charge in [-0.25, -0.2) is 4.98 Å². The Bertz CT molecular complexity index is 779. The van der Waals surface area contributed by atoms with Crippen LogP contribution < -0.4 is 26.6 Å². The zero-order valence-corrected chi connectivity index (χ0v) is 19.9. The summed E-state index contributed by atoms with van der Waals surface area (Å²) in [4.78, 5) is 55.1. The second-order valence-electron chi connectivity index (χ2n) is 9.05. The van der Waals surface area contributed by atoms with Gasteiger partial charge >= 0.3 is 0 Å². The number of nitrogens with zero attached hydrogens (tertiary/aromatic N) is 1. The van der Waals surface area contributed by atoms with Gasteiger partial charge in [0.15, 0.2) is 0 Å². The lowest BCUT2D eigenvalue weighted by Crippen LogP contribution is -2.50. The molecule has 1 aromatic heterocycles. The second kappa shape index (κ2) is 12.9. The van der Waals surface area contributed by atoms with Crippen LogP contribution in [0.25, 0.3) is 0 Å². The maximum Gasteiger partial charge on any atom is 0.270 e. The minimum Gasteiger partial charge on any atom is -0.353 e. The molecule has 0 aromatic carbocycles. The van der Waals surface area contributed by atoms with E-state index in [1.165, 1.54) is 12.1 Å². The summed E-state index contributed by atoms with van der Waals surface area (Å²) in [6, 6.07) is 3.08. The molecule has 10 heteroatoms. The Balaban J connectivity index is 2.28. The average molecular weight is 461 g/mol. The largest absolute Gasteiger partial charge is 0.353 e. The molecule has 0 spiro atoms. The van der Waals surface area contributed by atoms with E-state index in [-0.39, 0.29) is 35.0 Å². The van der Waals surface area contributed by atoms with Crippen LogP contribution in [0.5, 0.6) is 0 Å². The minimum atomic E-state index is -0.717. The summed E-state index contributed by atoms with van der Waals surface area (Å²) in [5.41, 5.74) is 0.0497. The lowest BCUT2D eigenvalue weighted by molar-refractivity contribution is -0.123. The van der Waals surface area contributed by atoms with E-state index >= 15 is 0 Å². The maximum atomic E-state index is 12.8. The third-order valence-electron chi connectivity index (χ3n) is 5.07. The van der Waals surface area contributed by atoms with Gasteiger partial charge in [-0.3, -0.25) is 19.2 Å². The third kappa shape index (κ3) is 8.80. The second-order valence-corrected chi connectivity index (χ2v) is 9.05. The van der Waals surface area contributed by atoms with Gasteiger partial charge in [0.1, 0.15) is 23.5 Å². The number of pyridine rings is 1. The summed E-state index contributed by atoms with van der Waals surface area (Å²) in [5.74, 6) is -1.27. The van der Waals surface area contributed by atoms with E-state index in [1.54, 1.807) is 6.07 Å². The van der Waals surface area contributed by atoms with Crippen molar-refractivity contribution in [1.82, 2.24) is 31.6 Å². The first-order chi connectivity index (χ1) is 15.7. The summed E-state index contributed by atoms with van der Waals surface area (Å²) in [6.45, 7) is 9.68. The number of carbonyl (C=O) groups is 4. The van der Waals surface area contributed by atoms with Gasteiger partial charge in [0.2, 0.25) is 11.8 Å². The van der Waals surface area contributed by atoms with Crippen LogP contribution in [0.2, 0.25) is 0 Å². The van der Waals surface area contributed by atoms with E-state index in [2.05, 4.69) is 31.6 Å². The molecule has 0 fully saturated rings. The Morgan fingerprint density at radius 2 is 1.18 bits per heavy atom. The van der Waals surface area contributed by atoms with Gasteiger partial charge in [-0.15, -0.1) is 0 Å². The first-order valence-electron chi connectivity index (χ1n) is 11.5. The van der Waals surface area contributed by atoms with Crippen LogP contribution in [0.4, 0.5) is 0 Å². The van der Waals surface area contributed by atoms with E-state index in [4.69, 9.17) is 0 Å². The van der Waals surface area contributed by atoms with Gasteiger partial charge in [0.05, 0.1) is 0 Å². The Morgan fingerprint density at radius 3 is 1.58 bits per heavy atom. The Kier molecular flexibility index (Phi) is 10.2. The molecule has 2 heterocycles. The SMILES string of the molecule is CC(C)C[C@@H]1NC(=O)c2cccc(n2)C(=O)N[C@@H](CC(C)C)C(=O)NCCNCCNC1=O. The summed E-state index contributed by atoms with van der Waals surface area (Å²) in [7, 11) is 0. The molecular formula is C23H36N6O4. The van der Waals surface area contributed by atoms with Gasteiger partial charge in [0.25, 0.3) is 11.8 Å². The number of nitrogens with one attached hydrogen (secondary N) is 5. The lowest BCUT2D eigenvalue weighted by atomic mass is 10.0. The van der Waals surface area contributed by atoms with Crippen LogP contribution in [0, 0.1) is 11.8 Å². The lowest BCUT2D eigenvalue weighted by Gasteiger charge is -2.21. The molecule has 2 bridgehead atoms. The fourth-order valence-electron chi connectivity index (χ4n) is 3.48. The molecule has 182 valence electrons. The van der Waals surface area contributed by atoms with Gasteiger partial charge in [0, 0.05) is 26.2 Å². The molecule has 0 aliphatic carbocycles. The molecule has 1 aromatic rings. The van der Waals surface area contributed by atoms with Crippen molar-refractivity contribution < 1.29 is 19.2 Å². The smallest absolute Gasteiger partial charge is 0.270 e. The number of amides is 4. The fraction of sp³-hybridized carbons (Fsp3) is 0.609. The van der Waals surface area contributed by atoms with Gasteiger partial charge in [-0.05, 0) is 36.8 Å². The van der Waals surface area contributed by atoms with Gasteiger partial charge < -0.3 is 26.6 Å². The van der Waals surface area contributed by atoms with E-state index in [1.807, 2.05) is 27.7 Å². The summed E-state index contributed by atoms with van der Waals surface area (Å²) in [5, 5.41) is 14.3. The summed E-state index contributed by atoms with van der Waals surface area (Å²) >= 11 is 0. The molecule has 2 atom stereocenters. The molecule has 0 unspecified atom stereocenters. The molecule has 10 nitrogen and oxygen atoms in total. The molecule has 33 heavy (non-hydrogen) atoms. The topological polar surface area (TPSA) is 141 Å². The number of hydrogen-bond acceptors (Lipinski definition) is 6. The van der Waals surface area contributed by atoms with E-state index in [0.29, 0.717) is 39.0 Å². The average Bonchev–Trinajstić information content (AvgIpc) is 2.76. The first-order valence-corrected chi connectivity index (χ1v) is 11.5. The zero-order chi connectivity index (χ0) is 24.4. The number of rotatable bonds is 4. The number of aromatic nitrogens is 1. The molecule has 0 saturated heterocycles. The summed E-state index contributed by atoms with van der Waals surface area (Å²) in [6.07, 6.45) is 0.933. The van der Waals surface area contributed by atoms with Gasteiger partial charge in [-0.1, -0.05) is 33.8 Å². The van der Waals surface area contributed by atoms with Crippen molar-refractivity contribution in [3.63, 3.8) is 0 Å². The highest BCUT2D eigenvalue weighted by Gasteiger charge is 2.25. The molecule has 0 saturated carbocycles. The molecule has 0 radical (unpaired) electrons. The van der Waals surface area contributed by atoms with E-state index < -0.39 is 23.9 Å². The van der Waals surface area contributed by atoms with Crippen molar-refractivity contribution >= 4 is 23.6 Å². The van der Waals surface area contributed by atoms with Crippen molar-refractivity contribution in [2.45, 2.75) is 52.6 Å². The van der Waals surface area contributed by atoms with Crippen molar-refractivity contribution in [3.8, 4) is 0 Å². The Labute approximate surface area is 195 Å². The number of fused-ring (bicyclic) bond motifs is 2. The summed E-state index contributed by atoms with van der Waals surface area (Å²) < 4.78 is 0. The predicted octanol–water partition coefficient (Wildman–Crippen LogP) is 0.206. The normalized spacial score (nSPS) is 21.5. The molecular weight excluding hydrogens is 424 g/mol. The molecule has 1 aliphatic rings. The third-order valence-corrected chi connectivity index (χ3v) is 5.07. The molecule has 2 rings (SSSR count). The van der Waals surface area contributed by atoms with Gasteiger partial charge in [-0.2, -0.15) is 0 Å². The Morgan fingerprint density at radius 1 is 0.758 bits per heavy atom. The fourth-order valence-corrected chi connectivity index (χ4v) is 3.48. The molecule has 5 N–H and O–H groups in total. The van der Waals surface area contributed by atoms with Crippen LogP contribution in [0.15, 0.2) is 18.2 Å². The number of hydrogen-bond donors (Lipinski definition) is 5. The molecule has 1 aliphatic heterocycles. The predicted molar refractivity (Wildman–Crippen MR) is 125 cm³/mol. The molecule has 4 amide bonds. The van der Waals surface area contributed by atoms with E-state index in [9.17, 15) is 19.2 Å². The van der Waals surface area contributed by atoms with Crippen LogP contribution in [0.3, 0.4) is 0 Å². The van der Waals surface area contributed by atoms with Crippen molar-refractivity contribution in [2.75, 3.05) is 26.2 Å². The van der Waals surface area contributed by atoms with Crippen LogP contribution in [-0.2, 0) is 9.59 Å². The standard InChI is InChI=1S/C23H36N6O4/c1-14(2)12-18-20(30)25-10-8-24-9-11-26-21(31)19(13-15(3)4)29-23(33)17-7-5-6-16(27-17)22(32)28-18/h5-7,14-15,18-19,24H,8-13H2,1-4H3,(H,25,30)(H,26,31)(H,28,32)(H,29,33)/t18-,19-/m0/s1. The van der Waals surface area contributed by atoms with Crippen molar-refractivity contribution in [1.29, 1.82) is 0 Å². The van der Waals surface area contributed by atoms with Crippen LogP contribution in [0.1, 0.15) is 61.5 Å². The number of carbonyl (C=O) groups excluding carboxylic acids is 4. The van der Waals surface area contributed by atoms with Crippen molar-refractivity contribution in [3.05, 3.63) is 29.6 Å². The zero-order valence-electron chi connectivity index (χ0n) is 19.9. The van der Waals surface area contributed by atoms with Crippen molar-refractivity contribution in [2.24, 2.45) is 11.8 Å². The van der Waals surface area contributed by atoms with E-state index in [0.717, 1.165) is 0 Å². The highest BCUT2D eigenvalue weighted by molar-refractivity contribution is 5.99. The first kappa shape index (κ1) is 26.2. The highest BCUT2D eigenvalue weighted by atomic mass is 16.2. The minimum absolute atomic E-state index is 0.0249. The Hall–Kier alpha value is -3.01. The monoisotopic (exact) mass is 460 g/mol. The quantitative estimate of drug-likeness (QED) is 0.435. The maximum absolute atomic E-state index is 12.8.